The van der Waals surface area contributed by atoms with Gasteiger partial charge in [-0.15, -0.1) is 0 Å². The monoisotopic (exact) mass is 624 g/mol. The number of ether oxygens (including phenoxy) is 6. The summed E-state index contributed by atoms with van der Waals surface area (Å²) in [5, 5.41) is 52.9. The van der Waals surface area contributed by atoms with E-state index in [2.05, 4.69) is 0 Å². The number of thioether (sulfide) groups is 1. The van der Waals surface area contributed by atoms with E-state index < -0.39 is 84.7 Å². The minimum absolute atomic E-state index is 0.0986. The molecule has 14 heteroatoms. The molecule has 2 aromatic carbocycles. The summed E-state index contributed by atoms with van der Waals surface area (Å²) in [4.78, 5) is 25.8. The van der Waals surface area contributed by atoms with E-state index in [4.69, 9.17) is 28.4 Å². The SMILES string of the molecule is COc1cccc(C(=O)OC2C(O)[C@H](S[C@@H]3OC(CO)[C@H](O)C(OC(=O)c4cccc(OC)c4)[C@@H]3O)O[C@H](CO)[C@@H]2C)c1. The van der Waals surface area contributed by atoms with Gasteiger partial charge in [-0.1, -0.05) is 30.8 Å². The molecule has 5 N–H and O–H groups in total. The summed E-state index contributed by atoms with van der Waals surface area (Å²) in [6.45, 7) is 0.501. The fraction of sp³-hybridized carbons (Fsp3) is 0.517. The van der Waals surface area contributed by atoms with Crippen LogP contribution in [0.4, 0.5) is 0 Å². The highest BCUT2D eigenvalue weighted by Crippen LogP contribution is 2.39. The first kappa shape index (κ1) is 33.0. The van der Waals surface area contributed by atoms with Crippen molar-refractivity contribution in [3.05, 3.63) is 59.7 Å². The molecule has 2 aromatic rings. The maximum absolute atomic E-state index is 13.0. The first-order chi connectivity index (χ1) is 20.6. The molecule has 2 saturated heterocycles. The van der Waals surface area contributed by atoms with Crippen molar-refractivity contribution in [3.63, 3.8) is 0 Å². The largest absolute Gasteiger partial charge is 0.497 e. The summed E-state index contributed by atoms with van der Waals surface area (Å²) in [7, 11) is 2.88. The zero-order valence-corrected chi connectivity index (χ0v) is 24.5. The number of rotatable bonds is 10. The van der Waals surface area contributed by atoms with E-state index in [0.717, 1.165) is 11.8 Å². The van der Waals surface area contributed by atoms with Gasteiger partial charge in [-0.25, -0.2) is 9.59 Å². The highest BCUT2D eigenvalue weighted by Gasteiger charge is 2.51. The number of hydrogen-bond acceptors (Lipinski definition) is 14. The van der Waals surface area contributed by atoms with Crippen LogP contribution in [-0.4, -0.2) is 119 Å². The summed E-state index contributed by atoms with van der Waals surface area (Å²) >= 11 is 0.765. The number of methoxy groups -OCH3 is 2. The summed E-state index contributed by atoms with van der Waals surface area (Å²) in [5.74, 6) is -1.41. The Labute approximate surface area is 252 Å². The van der Waals surface area contributed by atoms with Crippen LogP contribution in [0.2, 0.25) is 0 Å². The van der Waals surface area contributed by atoms with Crippen LogP contribution < -0.4 is 9.47 Å². The van der Waals surface area contributed by atoms with Crippen molar-refractivity contribution in [2.24, 2.45) is 5.92 Å². The second-order valence-corrected chi connectivity index (χ2v) is 11.3. The second kappa shape index (κ2) is 14.7. The topological polar surface area (TPSA) is 191 Å². The van der Waals surface area contributed by atoms with E-state index in [1.807, 2.05) is 0 Å². The van der Waals surface area contributed by atoms with E-state index in [1.165, 1.54) is 38.5 Å². The zero-order valence-electron chi connectivity index (χ0n) is 23.7. The lowest BCUT2D eigenvalue weighted by atomic mass is 9.91. The van der Waals surface area contributed by atoms with Gasteiger partial charge in [0.05, 0.1) is 44.7 Å². The van der Waals surface area contributed by atoms with Crippen LogP contribution in [0.25, 0.3) is 0 Å². The van der Waals surface area contributed by atoms with Crippen molar-refractivity contribution < 1.29 is 63.5 Å². The van der Waals surface area contributed by atoms with Gasteiger partial charge in [0.2, 0.25) is 0 Å². The molecule has 43 heavy (non-hydrogen) atoms. The molecule has 13 nitrogen and oxygen atoms in total. The van der Waals surface area contributed by atoms with Crippen LogP contribution in [0, 0.1) is 5.92 Å². The molecule has 4 rings (SSSR count). The lowest BCUT2D eigenvalue weighted by molar-refractivity contribution is -0.209. The summed E-state index contributed by atoms with van der Waals surface area (Å²) < 4.78 is 33.0. The van der Waals surface area contributed by atoms with Crippen LogP contribution in [-0.2, 0) is 18.9 Å². The van der Waals surface area contributed by atoms with Gasteiger partial charge in [0, 0.05) is 5.92 Å². The number of carbonyl (C=O) groups excluding carboxylic acids is 2. The van der Waals surface area contributed by atoms with Gasteiger partial charge in [0.25, 0.3) is 0 Å². The Bertz CT molecular complexity index is 1150. The van der Waals surface area contributed by atoms with Gasteiger partial charge in [-0.3, -0.25) is 0 Å². The molecule has 2 fully saturated rings. The Morgan fingerprint density at radius 3 is 1.70 bits per heavy atom. The van der Waals surface area contributed by atoms with Gasteiger partial charge in [-0.2, -0.15) is 0 Å². The van der Waals surface area contributed by atoms with Gasteiger partial charge >= 0.3 is 11.9 Å². The van der Waals surface area contributed by atoms with Crippen molar-refractivity contribution in [2.75, 3.05) is 27.4 Å². The maximum atomic E-state index is 13.0. The third-order valence-corrected chi connectivity index (χ3v) is 8.71. The maximum Gasteiger partial charge on any atom is 0.338 e. The number of benzene rings is 2. The average Bonchev–Trinajstić information content (AvgIpc) is 3.03. The number of aliphatic hydroxyl groups is 5. The van der Waals surface area contributed by atoms with Crippen LogP contribution in [0.5, 0.6) is 11.5 Å². The third kappa shape index (κ3) is 7.41. The molecule has 0 saturated carbocycles. The second-order valence-electron chi connectivity index (χ2n) is 10.1. The van der Waals surface area contributed by atoms with E-state index in [-0.39, 0.29) is 11.1 Å². The van der Waals surface area contributed by atoms with Crippen molar-refractivity contribution >= 4 is 23.7 Å². The molecular weight excluding hydrogens is 588 g/mol. The molecule has 236 valence electrons. The minimum Gasteiger partial charge on any atom is -0.497 e. The van der Waals surface area contributed by atoms with Crippen LogP contribution in [0.3, 0.4) is 0 Å². The average molecular weight is 625 g/mol. The van der Waals surface area contributed by atoms with Crippen molar-refractivity contribution in [1.29, 1.82) is 0 Å². The first-order valence-corrected chi connectivity index (χ1v) is 14.5. The lowest BCUT2D eigenvalue weighted by Gasteiger charge is -2.46. The Balaban J connectivity index is 1.51. The molecule has 0 aliphatic carbocycles. The Morgan fingerprint density at radius 1 is 0.744 bits per heavy atom. The molecule has 0 aromatic heterocycles. The highest BCUT2D eigenvalue weighted by molar-refractivity contribution is 8.00. The van der Waals surface area contributed by atoms with Gasteiger partial charge in [-0.05, 0) is 36.4 Å². The van der Waals surface area contributed by atoms with Gasteiger partial charge in [0.15, 0.2) is 6.10 Å². The third-order valence-electron chi connectivity index (χ3n) is 7.40. The fourth-order valence-corrected chi connectivity index (χ4v) is 6.18. The standard InChI is InChI=1S/C29H36O13S/c1-14-19(12-30)39-28(22(33)24(14)41-26(35)15-6-4-8-17(10-15)37-2)43-29-23(34)25(21(32)20(13-31)40-29)42-27(36)16-7-5-9-18(11-16)38-3/h4-11,14,19-25,28-34H,12-13H2,1-3H3/t14-,19+,20?,21-,22?,23-,24?,25?,28-,29-/m0/s1. The highest BCUT2D eigenvalue weighted by atomic mass is 32.2. The molecule has 10 atom stereocenters. The zero-order chi connectivity index (χ0) is 31.3. The molecule has 4 unspecified atom stereocenters. The van der Waals surface area contributed by atoms with Crippen LogP contribution >= 0.6 is 11.8 Å². The number of hydrogen-bond donors (Lipinski definition) is 5. The van der Waals surface area contributed by atoms with Crippen molar-refractivity contribution in [1.82, 2.24) is 0 Å². The lowest BCUT2D eigenvalue weighted by Crippen LogP contribution is -2.61. The molecular formula is C29H36O13S. The molecule has 0 bridgehead atoms. The van der Waals surface area contributed by atoms with E-state index in [0.29, 0.717) is 11.5 Å². The normalized spacial score (nSPS) is 32.5. The molecule has 0 spiro atoms. The van der Waals surface area contributed by atoms with Crippen LogP contribution in [0.15, 0.2) is 48.5 Å². The molecule has 0 radical (unpaired) electrons. The molecule has 2 heterocycles. The predicted molar refractivity (Wildman–Crippen MR) is 151 cm³/mol. The van der Waals surface area contributed by atoms with E-state index >= 15 is 0 Å². The first-order valence-electron chi connectivity index (χ1n) is 13.5. The van der Waals surface area contributed by atoms with Gasteiger partial charge < -0.3 is 54.0 Å². The smallest absolute Gasteiger partial charge is 0.338 e. The van der Waals surface area contributed by atoms with Crippen molar-refractivity contribution in [3.8, 4) is 11.5 Å². The van der Waals surface area contributed by atoms with E-state index in [1.54, 1.807) is 31.2 Å². The quantitative estimate of drug-likeness (QED) is 0.227. The van der Waals surface area contributed by atoms with Gasteiger partial charge in [0.1, 0.15) is 52.9 Å². The van der Waals surface area contributed by atoms with E-state index in [9.17, 15) is 35.1 Å². The summed E-state index contributed by atoms with van der Waals surface area (Å²) in [5.41, 5.74) is -2.21. The Kier molecular flexibility index (Phi) is 11.3. The summed E-state index contributed by atoms with van der Waals surface area (Å²) in [6.07, 6.45) is -9.49. The number of esters is 2. The molecule has 0 amide bonds. The van der Waals surface area contributed by atoms with Crippen LogP contribution in [0.1, 0.15) is 27.6 Å². The number of carbonyl (C=O) groups is 2. The molecule has 2 aliphatic heterocycles. The molecule has 2 aliphatic rings. The fourth-order valence-electron chi connectivity index (χ4n) is 4.87. The number of aliphatic hydroxyl groups excluding tert-OH is 5. The minimum atomic E-state index is -1.64. The summed E-state index contributed by atoms with van der Waals surface area (Å²) in [6, 6.07) is 12.4. The predicted octanol–water partition coefficient (Wildman–Crippen LogP) is 0.341. The van der Waals surface area contributed by atoms with Crippen molar-refractivity contribution in [2.45, 2.75) is 60.5 Å². The Morgan fingerprint density at radius 2 is 1.21 bits per heavy atom. The Hall–Kier alpha value is -2.95.